The zero-order valence-corrected chi connectivity index (χ0v) is 10.9. The molecule has 0 atom stereocenters. The van der Waals surface area contributed by atoms with Crippen LogP contribution in [0.3, 0.4) is 0 Å². The third-order valence-corrected chi connectivity index (χ3v) is 3.74. The van der Waals surface area contributed by atoms with Crippen molar-refractivity contribution in [3.05, 3.63) is 18.0 Å². The molecule has 18 heavy (non-hydrogen) atoms. The summed E-state index contributed by atoms with van der Waals surface area (Å²) in [5, 5.41) is 7.78. The largest absolute Gasteiger partial charge is 0.369 e. The molecule has 0 bridgehead atoms. The third-order valence-electron chi connectivity index (χ3n) is 3.74. The van der Waals surface area contributed by atoms with Crippen LogP contribution in [0.2, 0.25) is 0 Å². The molecule has 1 heterocycles. The third kappa shape index (κ3) is 3.32. The van der Waals surface area contributed by atoms with Gasteiger partial charge in [0, 0.05) is 36.8 Å². The molecule has 5 heteroatoms. The summed E-state index contributed by atoms with van der Waals surface area (Å²) in [6, 6.07) is 0.505. The summed E-state index contributed by atoms with van der Waals surface area (Å²) in [6.07, 6.45) is 7.89. The summed E-state index contributed by atoms with van der Waals surface area (Å²) in [6.45, 7) is 3.84. The van der Waals surface area contributed by atoms with Crippen molar-refractivity contribution in [2.45, 2.75) is 51.7 Å². The zero-order chi connectivity index (χ0) is 13.0. The number of aryl methyl sites for hydroxylation is 1. The Kier molecular flexibility index (Phi) is 4.36. The van der Waals surface area contributed by atoms with Crippen molar-refractivity contribution in [2.24, 2.45) is 11.7 Å². The van der Waals surface area contributed by atoms with E-state index in [-0.39, 0.29) is 11.8 Å². The normalized spacial score (nSPS) is 24.1. The molecule has 1 fully saturated rings. The van der Waals surface area contributed by atoms with Crippen molar-refractivity contribution < 1.29 is 4.79 Å². The highest BCUT2D eigenvalue weighted by Gasteiger charge is 2.24. The second kappa shape index (κ2) is 6.00. The molecule has 1 aromatic heterocycles. The minimum Gasteiger partial charge on any atom is -0.369 e. The van der Waals surface area contributed by atoms with Gasteiger partial charge in [-0.2, -0.15) is 5.10 Å². The molecule has 1 saturated carbocycles. The summed E-state index contributed by atoms with van der Waals surface area (Å²) < 4.78 is 1.93. The lowest BCUT2D eigenvalue weighted by Crippen LogP contribution is -2.36. The summed E-state index contributed by atoms with van der Waals surface area (Å²) in [4.78, 5) is 11.1. The molecular weight excluding hydrogens is 228 g/mol. The maximum atomic E-state index is 11.1. The van der Waals surface area contributed by atoms with Gasteiger partial charge in [0.25, 0.3) is 0 Å². The van der Waals surface area contributed by atoms with E-state index in [1.54, 1.807) is 0 Å². The average molecular weight is 250 g/mol. The number of hydrogen-bond donors (Lipinski definition) is 2. The molecule has 1 aromatic rings. The molecule has 0 aliphatic heterocycles. The number of carbonyl (C=O) groups is 1. The van der Waals surface area contributed by atoms with Gasteiger partial charge in [-0.15, -0.1) is 0 Å². The predicted molar refractivity (Wildman–Crippen MR) is 69.7 cm³/mol. The second-order valence-electron chi connectivity index (χ2n) is 5.04. The molecule has 1 aliphatic carbocycles. The first-order valence-electron chi connectivity index (χ1n) is 6.73. The van der Waals surface area contributed by atoms with Crippen LogP contribution in [0.5, 0.6) is 0 Å². The van der Waals surface area contributed by atoms with Gasteiger partial charge in [0.05, 0.1) is 6.20 Å². The molecule has 5 nitrogen and oxygen atoms in total. The van der Waals surface area contributed by atoms with Gasteiger partial charge in [-0.05, 0) is 32.6 Å². The fourth-order valence-electron chi connectivity index (χ4n) is 2.51. The topological polar surface area (TPSA) is 72.9 Å². The number of amides is 1. The lowest BCUT2D eigenvalue weighted by atomic mass is 9.85. The predicted octanol–water partition coefficient (Wildman–Crippen LogP) is 1.04. The Labute approximate surface area is 108 Å². The van der Waals surface area contributed by atoms with Crippen molar-refractivity contribution in [3.8, 4) is 0 Å². The van der Waals surface area contributed by atoms with Crippen LogP contribution in [-0.4, -0.2) is 21.7 Å². The summed E-state index contributed by atoms with van der Waals surface area (Å²) in [5.74, 6) is -0.0523. The van der Waals surface area contributed by atoms with Crippen LogP contribution in [0.25, 0.3) is 0 Å². The van der Waals surface area contributed by atoms with Gasteiger partial charge in [0.1, 0.15) is 0 Å². The molecule has 0 aromatic carbocycles. The van der Waals surface area contributed by atoms with E-state index in [9.17, 15) is 4.79 Å². The second-order valence-corrected chi connectivity index (χ2v) is 5.04. The van der Waals surface area contributed by atoms with Gasteiger partial charge >= 0.3 is 0 Å². The van der Waals surface area contributed by atoms with Gasteiger partial charge < -0.3 is 11.1 Å². The quantitative estimate of drug-likeness (QED) is 0.820. The molecule has 2 rings (SSSR count). The standard InChI is InChI=1S/C13H22N4O/c1-2-17-9-10(8-16-17)7-15-12-5-3-11(4-6-12)13(14)18/h8-9,11-12,15H,2-7H2,1H3,(H2,14,18). The lowest BCUT2D eigenvalue weighted by molar-refractivity contribution is -0.122. The highest BCUT2D eigenvalue weighted by molar-refractivity contribution is 5.76. The maximum absolute atomic E-state index is 11.1. The van der Waals surface area contributed by atoms with Crippen molar-refractivity contribution in [3.63, 3.8) is 0 Å². The van der Waals surface area contributed by atoms with Crippen molar-refractivity contribution in [1.29, 1.82) is 0 Å². The van der Waals surface area contributed by atoms with Crippen LogP contribution >= 0.6 is 0 Å². The molecule has 0 spiro atoms. The van der Waals surface area contributed by atoms with Crippen molar-refractivity contribution in [1.82, 2.24) is 15.1 Å². The van der Waals surface area contributed by atoms with Crippen LogP contribution in [0.15, 0.2) is 12.4 Å². The first kappa shape index (κ1) is 13.1. The minimum atomic E-state index is -0.141. The van der Waals surface area contributed by atoms with Gasteiger partial charge in [0.2, 0.25) is 5.91 Å². The molecule has 0 radical (unpaired) electrons. The smallest absolute Gasteiger partial charge is 0.220 e. The molecule has 100 valence electrons. The molecule has 1 amide bonds. The van der Waals surface area contributed by atoms with Crippen LogP contribution in [-0.2, 0) is 17.9 Å². The van der Waals surface area contributed by atoms with Gasteiger partial charge in [0.15, 0.2) is 0 Å². The summed E-state index contributed by atoms with van der Waals surface area (Å²) in [5.41, 5.74) is 6.54. The van der Waals surface area contributed by atoms with Crippen LogP contribution in [0, 0.1) is 5.92 Å². The van der Waals surface area contributed by atoms with E-state index in [0.29, 0.717) is 6.04 Å². The number of primary amides is 1. The monoisotopic (exact) mass is 250 g/mol. The molecular formula is C13H22N4O. The summed E-state index contributed by atoms with van der Waals surface area (Å²) in [7, 11) is 0. The Morgan fingerprint density at radius 3 is 2.78 bits per heavy atom. The summed E-state index contributed by atoms with van der Waals surface area (Å²) >= 11 is 0. The lowest BCUT2D eigenvalue weighted by Gasteiger charge is -2.27. The molecule has 0 unspecified atom stereocenters. The number of nitrogens with one attached hydrogen (secondary N) is 1. The Hall–Kier alpha value is -1.36. The minimum absolute atomic E-state index is 0.0888. The van der Waals surface area contributed by atoms with Gasteiger partial charge in [-0.3, -0.25) is 9.48 Å². The zero-order valence-electron chi connectivity index (χ0n) is 10.9. The molecule has 3 N–H and O–H groups in total. The van der Waals surface area contributed by atoms with Crippen LogP contribution < -0.4 is 11.1 Å². The number of carbonyl (C=O) groups excluding carboxylic acids is 1. The van der Waals surface area contributed by atoms with E-state index in [4.69, 9.17) is 5.73 Å². The maximum Gasteiger partial charge on any atom is 0.220 e. The van der Waals surface area contributed by atoms with Gasteiger partial charge in [-0.25, -0.2) is 0 Å². The SMILES string of the molecule is CCn1cc(CNC2CCC(C(N)=O)CC2)cn1. The average Bonchev–Trinajstić information content (AvgIpc) is 2.85. The number of nitrogens with zero attached hydrogens (tertiary/aromatic N) is 2. The van der Waals surface area contributed by atoms with E-state index in [0.717, 1.165) is 38.8 Å². The Morgan fingerprint density at radius 1 is 1.50 bits per heavy atom. The first-order valence-corrected chi connectivity index (χ1v) is 6.73. The van der Waals surface area contributed by atoms with Crippen LogP contribution in [0.4, 0.5) is 0 Å². The number of nitrogens with two attached hydrogens (primary N) is 1. The Bertz CT molecular complexity index is 393. The van der Waals surface area contributed by atoms with E-state index in [1.807, 2.05) is 10.9 Å². The van der Waals surface area contributed by atoms with E-state index in [2.05, 4.69) is 23.5 Å². The Morgan fingerprint density at radius 2 is 2.22 bits per heavy atom. The highest BCUT2D eigenvalue weighted by atomic mass is 16.1. The van der Waals surface area contributed by atoms with Crippen molar-refractivity contribution in [2.75, 3.05) is 0 Å². The van der Waals surface area contributed by atoms with E-state index < -0.39 is 0 Å². The van der Waals surface area contributed by atoms with Gasteiger partial charge in [-0.1, -0.05) is 0 Å². The van der Waals surface area contributed by atoms with Crippen molar-refractivity contribution >= 4 is 5.91 Å². The van der Waals surface area contributed by atoms with E-state index >= 15 is 0 Å². The Balaban J connectivity index is 1.73. The molecule has 1 aliphatic rings. The number of aromatic nitrogens is 2. The van der Waals surface area contributed by atoms with E-state index in [1.165, 1.54) is 5.56 Å². The number of rotatable bonds is 5. The molecule has 0 saturated heterocycles. The van der Waals surface area contributed by atoms with Crippen LogP contribution in [0.1, 0.15) is 38.2 Å². The highest BCUT2D eigenvalue weighted by Crippen LogP contribution is 2.24. The number of hydrogen-bond acceptors (Lipinski definition) is 3. The first-order chi connectivity index (χ1) is 8.69. The fraction of sp³-hybridized carbons (Fsp3) is 0.692. The fourth-order valence-corrected chi connectivity index (χ4v) is 2.51.